The van der Waals surface area contributed by atoms with Crippen molar-refractivity contribution in [2.45, 2.75) is 6.42 Å². The van der Waals surface area contributed by atoms with Crippen molar-refractivity contribution in [3.63, 3.8) is 0 Å². The van der Waals surface area contributed by atoms with Gasteiger partial charge in [0, 0.05) is 57.0 Å². The zero-order valence-electron chi connectivity index (χ0n) is 19.3. The summed E-state index contributed by atoms with van der Waals surface area (Å²) >= 11 is 0.969. The average molecular weight is 510 g/mol. The molecule has 4 aromatic heterocycles. The van der Waals surface area contributed by atoms with Gasteiger partial charge in [0.25, 0.3) is 0 Å². The number of carboxylic acids is 1. The van der Waals surface area contributed by atoms with E-state index in [2.05, 4.69) is 19.3 Å². The number of ketones is 1. The molecule has 11 nitrogen and oxygen atoms in total. The van der Waals surface area contributed by atoms with Gasteiger partial charge in [0.05, 0.1) is 23.2 Å². The van der Waals surface area contributed by atoms with Gasteiger partial charge in [-0.25, -0.2) is 19.2 Å². The van der Waals surface area contributed by atoms with Crippen molar-refractivity contribution < 1.29 is 19.1 Å². The maximum Gasteiger partial charge on any atom is 0.341 e. The molecule has 1 fully saturated rings. The summed E-state index contributed by atoms with van der Waals surface area (Å²) in [5.74, 6) is -2.57. The second-order valence-electron chi connectivity index (χ2n) is 8.58. The van der Waals surface area contributed by atoms with Crippen molar-refractivity contribution in [3.8, 4) is 5.13 Å². The number of hydrogen-bond acceptors (Lipinski definition) is 10. The van der Waals surface area contributed by atoms with Crippen LogP contribution in [0, 0.1) is 11.7 Å². The van der Waals surface area contributed by atoms with Gasteiger partial charge in [-0.2, -0.15) is 4.37 Å². The first-order chi connectivity index (χ1) is 17.2. The molecular weight excluding hydrogens is 489 g/mol. The summed E-state index contributed by atoms with van der Waals surface area (Å²) in [5, 5.41) is 9.51. The number of halogens is 1. The Hall–Kier alpha value is -4.26. The van der Waals surface area contributed by atoms with Crippen molar-refractivity contribution in [2.75, 3.05) is 37.0 Å². The number of hydrogen-bond donors (Lipinski definition) is 1. The lowest BCUT2D eigenvalue weighted by Gasteiger charge is -2.39. The van der Waals surface area contributed by atoms with Crippen LogP contribution < -0.4 is 15.2 Å². The first kappa shape index (κ1) is 23.5. The van der Waals surface area contributed by atoms with Gasteiger partial charge in [0.2, 0.25) is 10.6 Å². The van der Waals surface area contributed by atoms with Gasteiger partial charge in [-0.1, -0.05) is 0 Å². The number of carbonyl (C=O) groups excluding carboxylic acids is 1. The molecule has 13 heteroatoms. The summed E-state index contributed by atoms with van der Waals surface area (Å²) in [4.78, 5) is 53.3. The first-order valence-electron chi connectivity index (χ1n) is 10.9. The predicted octanol–water partition coefficient (Wildman–Crippen LogP) is 1.78. The molecule has 0 bridgehead atoms. The molecule has 5 heterocycles. The van der Waals surface area contributed by atoms with Gasteiger partial charge in [-0.15, -0.1) is 0 Å². The number of nitrogens with zero attached hydrogens (tertiary/aromatic N) is 7. The summed E-state index contributed by atoms with van der Waals surface area (Å²) in [7, 11) is 3.81. The number of rotatable bonds is 7. The van der Waals surface area contributed by atoms with Gasteiger partial charge < -0.3 is 14.9 Å². The van der Waals surface area contributed by atoms with Gasteiger partial charge in [-0.05, 0) is 18.2 Å². The minimum absolute atomic E-state index is 0.00517. The van der Waals surface area contributed by atoms with Crippen LogP contribution in [0.2, 0.25) is 0 Å². The van der Waals surface area contributed by atoms with Crippen LogP contribution in [0.25, 0.3) is 16.2 Å². The standard InChI is InChI=1S/C23H20FN7O4S/c1-29(2)14-4-3-13(25-7-14)5-18(32)12-8-30(9-12)21-17(24)6-15-19(33)16(22(34)35)10-31(20(15)28-21)23-26-11-27-36-23/h3-4,6-7,10-12H,5,8-9H2,1-2H3,(H,34,35). The Kier molecular flexibility index (Phi) is 5.92. The van der Waals surface area contributed by atoms with E-state index in [0.717, 1.165) is 29.5 Å². The summed E-state index contributed by atoms with van der Waals surface area (Å²) in [5.41, 5.74) is 0.267. The molecule has 184 valence electrons. The molecule has 1 aliphatic rings. The van der Waals surface area contributed by atoms with Crippen LogP contribution in [0.1, 0.15) is 16.1 Å². The molecule has 0 atom stereocenters. The quantitative estimate of drug-likeness (QED) is 0.393. The number of Topliss-reactive ketones (excluding diaryl/α,β-unsaturated/α-hetero) is 1. The van der Waals surface area contributed by atoms with Crippen molar-refractivity contribution in [2.24, 2.45) is 5.92 Å². The lowest BCUT2D eigenvalue weighted by atomic mass is 9.92. The number of carboxylic acid groups (broad SMARTS) is 1. The minimum Gasteiger partial charge on any atom is -0.477 e. The summed E-state index contributed by atoms with van der Waals surface area (Å²) < 4.78 is 20.3. The van der Waals surface area contributed by atoms with Crippen LogP contribution in [-0.2, 0) is 11.2 Å². The van der Waals surface area contributed by atoms with Crippen molar-refractivity contribution in [1.82, 2.24) is 23.9 Å². The smallest absolute Gasteiger partial charge is 0.341 e. The Morgan fingerprint density at radius 1 is 1.25 bits per heavy atom. The highest BCUT2D eigenvalue weighted by Crippen LogP contribution is 2.29. The molecule has 0 radical (unpaired) electrons. The zero-order valence-corrected chi connectivity index (χ0v) is 20.1. The van der Waals surface area contributed by atoms with E-state index >= 15 is 4.39 Å². The fourth-order valence-corrected chi connectivity index (χ4v) is 4.48. The fraction of sp³-hybridized carbons (Fsp3) is 0.261. The van der Waals surface area contributed by atoms with Crippen LogP contribution in [0.3, 0.4) is 0 Å². The van der Waals surface area contributed by atoms with Gasteiger partial charge in [0.1, 0.15) is 17.7 Å². The number of anilines is 2. The van der Waals surface area contributed by atoms with E-state index in [4.69, 9.17) is 0 Å². The molecule has 0 spiro atoms. The number of fused-ring (bicyclic) bond motifs is 1. The van der Waals surface area contributed by atoms with Crippen LogP contribution in [0.5, 0.6) is 0 Å². The Bertz CT molecular complexity index is 1530. The molecule has 4 aromatic rings. The molecule has 0 amide bonds. The monoisotopic (exact) mass is 509 g/mol. The Balaban J connectivity index is 1.40. The molecule has 36 heavy (non-hydrogen) atoms. The number of carbonyl (C=O) groups is 2. The van der Waals surface area contributed by atoms with Crippen LogP contribution in [0.15, 0.2) is 41.7 Å². The maximum absolute atomic E-state index is 15.0. The van der Waals surface area contributed by atoms with E-state index in [-0.39, 0.29) is 53.2 Å². The highest BCUT2D eigenvalue weighted by atomic mass is 32.1. The van der Waals surface area contributed by atoms with Gasteiger partial charge in [0.15, 0.2) is 17.3 Å². The van der Waals surface area contributed by atoms with E-state index in [9.17, 15) is 19.5 Å². The van der Waals surface area contributed by atoms with Crippen molar-refractivity contribution >= 4 is 45.8 Å². The molecule has 5 rings (SSSR count). The SMILES string of the molecule is CN(C)c1ccc(CC(=O)C2CN(c3nc4c(cc3F)c(=O)c(C(=O)O)cn4-c3ncns3)C2)nc1. The second kappa shape index (κ2) is 9.07. The predicted molar refractivity (Wildman–Crippen MR) is 131 cm³/mol. The Labute approximate surface area is 207 Å². The van der Waals surface area contributed by atoms with Gasteiger partial charge >= 0.3 is 5.97 Å². The van der Waals surface area contributed by atoms with E-state index in [1.54, 1.807) is 11.1 Å². The maximum atomic E-state index is 15.0. The van der Waals surface area contributed by atoms with E-state index in [0.29, 0.717) is 5.69 Å². The third kappa shape index (κ3) is 4.17. The van der Waals surface area contributed by atoms with Crippen molar-refractivity contribution in [1.29, 1.82) is 0 Å². The third-order valence-corrected chi connectivity index (χ3v) is 6.68. The highest BCUT2D eigenvalue weighted by molar-refractivity contribution is 7.08. The van der Waals surface area contributed by atoms with E-state index < -0.39 is 22.8 Å². The van der Waals surface area contributed by atoms with E-state index in [1.807, 2.05) is 31.1 Å². The minimum atomic E-state index is -1.44. The second-order valence-corrected chi connectivity index (χ2v) is 9.34. The molecular formula is C23H20FN7O4S. The van der Waals surface area contributed by atoms with Gasteiger partial charge in [-0.3, -0.25) is 19.1 Å². The number of pyridine rings is 3. The largest absolute Gasteiger partial charge is 0.477 e. The zero-order chi connectivity index (χ0) is 25.6. The van der Waals surface area contributed by atoms with Crippen LogP contribution >= 0.6 is 11.5 Å². The number of aromatic nitrogens is 5. The molecule has 0 aliphatic carbocycles. The lowest BCUT2D eigenvalue weighted by Crippen LogP contribution is -2.51. The lowest BCUT2D eigenvalue weighted by molar-refractivity contribution is -0.123. The van der Waals surface area contributed by atoms with E-state index in [1.165, 1.54) is 10.9 Å². The van der Waals surface area contributed by atoms with Crippen LogP contribution in [-0.4, -0.2) is 67.9 Å². The topological polar surface area (TPSA) is 134 Å². The molecule has 0 unspecified atom stereocenters. The molecule has 0 saturated carbocycles. The molecule has 0 aromatic carbocycles. The fourth-order valence-electron chi connectivity index (χ4n) is 3.97. The summed E-state index contributed by atoms with van der Waals surface area (Å²) in [6.07, 6.45) is 4.27. The number of aromatic carboxylic acids is 1. The summed E-state index contributed by atoms with van der Waals surface area (Å²) in [6.45, 7) is 0.528. The summed E-state index contributed by atoms with van der Waals surface area (Å²) in [6, 6.07) is 4.69. The normalized spacial score (nSPS) is 13.6. The Morgan fingerprint density at radius 2 is 2.03 bits per heavy atom. The highest BCUT2D eigenvalue weighted by Gasteiger charge is 2.35. The molecule has 1 N–H and O–H groups in total. The third-order valence-electron chi connectivity index (χ3n) is 6.02. The Morgan fingerprint density at radius 3 is 2.64 bits per heavy atom. The van der Waals surface area contributed by atoms with Crippen LogP contribution in [0.4, 0.5) is 15.9 Å². The molecule has 1 aliphatic heterocycles. The van der Waals surface area contributed by atoms with Crippen molar-refractivity contribution in [3.05, 3.63) is 64.2 Å². The first-order valence-corrected chi connectivity index (χ1v) is 11.7. The molecule has 1 saturated heterocycles. The average Bonchev–Trinajstić information content (AvgIpc) is 3.34.